The Kier molecular flexibility index (Phi) is 3.80. The summed E-state index contributed by atoms with van der Waals surface area (Å²) < 4.78 is 38.5. The molecule has 4 rings (SSSR count). The van der Waals surface area contributed by atoms with E-state index in [1.165, 1.54) is 24.3 Å². The van der Waals surface area contributed by atoms with Gasteiger partial charge in [0.15, 0.2) is 0 Å². The van der Waals surface area contributed by atoms with Crippen LogP contribution < -0.4 is 0 Å². The van der Waals surface area contributed by atoms with Crippen molar-refractivity contribution in [2.45, 2.75) is 18.5 Å². The summed E-state index contributed by atoms with van der Waals surface area (Å²) in [5, 5.41) is 0.411. The third-order valence-electron chi connectivity index (χ3n) is 4.67. The summed E-state index contributed by atoms with van der Waals surface area (Å²) in [6, 6.07) is 10.8. The highest BCUT2D eigenvalue weighted by molar-refractivity contribution is 6.20. The van der Waals surface area contributed by atoms with Gasteiger partial charge in [0, 0.05) is 0 Å². The van der Waals surface area contributed by atoms with E-state index in [-0.39, 0.29) is 11.1 Å². The molecular formula is C19H12F3NO4. The highest BCUT2D eigenvalue weighted by Crippen LogP contribution is 2.49. The molecule has 0 bridgehead atoms. The predicted octanol–water partition coefficient (Wildman–Crippen LogP) is 3.56. The molecule has 1 aliphatic carbocycles. The number of hydroxylamine groups is 2. The molecule has 2 amide bonds. The van der Waals surface area contributed by atoms with E-state index in [9.17, 15) is 27.6 Å². The zero-order valence-electron chi connectivity index (χ0n) is 13.7. The van der Waals surface area contributed by atoms with Gasteiger partial charge in [0.1, 0.15) is 0 Å². The highest BCUT2D eigenvalue weighted by Gasteiger charge is 2.49. The van der Waals surface area contributed by atoms with Crippen molar-refractivity contribution in [1.82, 2.24) is 5.06 Å². The van der Waals surface area contributed by atoms with E-state index < -0.39 is 41.4 Å². The molecule has 1 fully saturated rings. The van der Waals surface area contributed by atoms with E-state index in [4.69, 9.17) is 4.84 Å². The summed E-state index contributed by atoms with van der Waals surface area (Å²) in [5.41, 5.74) is -0.144. The van der Waals surface area contributed by atoms with Crippen LogP contribution in [0.1, 0.15) is 44.2 Å². The molecule has 0 N–H and O–H groups in total. The second-order valence-corrected chi connectivity index (χ2v) is 6.43. The van der Waals surface area contributed by atoms with Crippen molar-refractivity contribution in [1.29, 1.82) is 0 Å². The van der Waals surface area contributed by atoms with E-state index in [1.54, 1.807) is 12.1 Å². The van der Waals surface area contributed by atoms with Gasteiger partial charge >= 0.3 is 12.1 Å². The monoisotopic (exact) mass is 375 g/mol. The van der Waals surface area contributed by atoms with Gasteiger partial charge in [0.2, 0.25) is 0 Å². The first-order chi connectivity index (χ1) is 12.8. The maximum absolute atomic E-state index is 12.8. The fourth-order valence-corrected chi connectivity index (χ4v) is 3.18. The first-order valence-electron chi connectivity index (χ1n) is 8.14. The maximum Gasteiger partial charge on any atom is 0.416 e. The standard InChI is InChI=1S/C19H12F3NO4/c20-19(21,22)11-5-3-4-10(8-11)14-9-15(14)18(26)27-23-16(24)12-6-1-2-7-13(12)17(23)25/h1-8,14-15H,9H2/t14-,15+/m0/s1. The minimum absolute atomic E-state index is 0.139. The number of nitrogens with zero attached hydrogens (tertiary/aromatic N) is 1. The number of imide groups is 1. The number of carbonyl (C=O) groups excluding carboxylic acids is 3. The Balaban J connectivity index is 1.46. The summed E-state index contributed by atoms with van der Waals surface area (Å²) >= 11 is 0. The van der Waals surface area contributed by atoms with Gasteiger partial charge in [-0.3, -0.25) is 9.59 Å². The van der Waals surface area contributed by atoms with Gasteiger partial charge in [-0.25, -0.2) is 4.79 Å². The quantitative estimate of drug-likeness (QED) is 0.770. The highest BCUT2D eigenvalue weighted by atomic mass is 19.4. The Bertz CT molecular complexity index is 934. The van der Waals surface area contributed by atoms with Gasteiger partial charge in [-0.15, -0.1) is 0 Å². The normalized spacial score (nSPS) is 21.2. The molecule has 8 heteroatoms. The summed E-state index contributed by atoms with van der Waals surface area (Å²) in [6.45, 7) is 0. The largest absolute Gasteiger partial charge is 0.416 e. The average molecular weight is 375 g/mol. The molecule has 1 aliphatic heterocycles. The van der Waals surface area contributed by atoms with Crippen LogP contribution in [0.15, 0.2) is 48.5 Å². The summed E-state index contributed by atoms with van der Waals surface area (Å²) in [6.07, 6.45) is -4.18. The Morgan fingerprint density at radius 1 is 1.00 bits per heavy atom. The third kappa shape index (κ3) is 2.97. The van der Waals surface area contributed by atoms with Crippen molar-refractivity contribution in [3.05, 3.63) is 70.8 Å². The van der Waals surface area contributed by atoms with Crippen LogP contribution in [0.3, 0.4) is 0 Å². The lowest BCUT2D eigenvalue weighted by Crippen LogP contribution is -2.33. The van der Waals surface area contributed by atoms with Crippen molar-refractivity contribution in [2.24, 2.45) is 5.92 Å². The first-order valence-corrected chi connectivity index (χ1v) is 8.14. The van der Waals surface area contributed by atoms with Crippen LogP contribution in [-0.4, -0.2) is 22.8 Å². The number of hydrogen-bond donors (Lipinski definition) is 0. The van der Waals surface area contributed by atoms with Crippen molar-refractivity contribution >= 4 is 17.8 Å². The second kappa shape index (κ2) is 5.94. The number of halogens is 3. The minimum atomic E-state index is -4.47. The zero-order chi connectivity index (χ0) is 19.3. The molecule has 2 atom stereocenters. The molecule has 0 aromatic heterocycles. The lowest BCUT2D eigenvalue weighted by Gasteiger charge is -2.13. The summed E-state index contributed by atoms with van der Waals surface area (Å²) in [4.78, 5) is 41.6. The third-order valence-corrected chi connectivity index (χ3v) is 4.67. The van der Waals surface area contributed by atoms with Crippen molar-refractivity contribution < 1.29 is 32.4 Å². The number of alkyl halides is 3. The molecule has 2 aromatic carbocycles. The molecule has 1 heterocycles. The molecule has 0 saturated heterocycles. The van der Waals surface area contributed by atoms with Crippen LogP contribution in [0.25, 0.3) is 0 Å². The molecule has 1 saturated carbocycles. The molecule has 0 spiro atoms. The van der Waals surface area contributed by atoms with Crippen LogP contribution in [0.5, 0.6) is 0 Å². The molecule has 2 aliphatic rings. The van der Waals surface area contributed by atoms with Crippen LogP contribution in [0.4, 0.5) is 13.2 Å². The molecule has 2 aromatic rings. The number of fused-ring (bicyclic) bond motifs is 1. The Hall–Kier alpha value is -3.16. The molecule has 0 unspecified atom stereocenters. The van der Waals surface area contributed by atoms with Gasteiger partial charge in [-0.1, -0.05) is 35.4 Å². The van der Waals surface area contributed by atoms with Crippen molar-refractivity contribution in [3.63, 3.8) is 0 Å². The fourth-order valence-electron chi connectivity index (χ4n) is 3.18. The van der Waals surface area contributed by atoms with Crippen LogP contribution in [0, 0.1) is 5.92 Å². The molecule has 27 heavy (non-hydrogen) atoms. The maximum atomic E-state index is 12.8. The van der Waals surface area contributed by atoms with Crippen molar-refractivity contribution in [3.8, 4) is 0 Å². The number of rotatable bonds is 3. The topological polar surface area (TPSA) is 63.7 Å². The van der Waals surface area contributed by atoms with E-state index in [1.807, 2.05) is 0 Å². The second-order valence-electron chi connectivity index (χ2n) is 6.43. The van der Waals surface area contributed by atoms with E-state index >= 15 is 0 Å². The number of benzene rings is 2. The first kappa shape index (κ1) is 17.3. The van der Waals surface area contributed by atoms with Crippen LogP contribution in [0.2, 0.25) is 0 Å². The predicted molar refractivity (Wildman–Crippen MR) is 85.3 cm³/mol. The number of amides is 2. The van der Waals surface area contributed by atoms with Gasteiger partial charge < -0.3 is 4.84 Å². The summed E-state index contributed by atoms with van der Waals surface area (Å²) in [7, 11) is 0. The number of carbonyl (C=O) groups is 3. The summed E-state index contributed by atoms with van der Waals surface area (Å²) in [5.74, 6) is -3.42. The smallest absolute Gasteiger partial charge is 0.329 e. The van der Waals surface area contributed by atoms with Gasteiger partial charge in [0.05, 0.1) is 22.6 Å². The Morgan fingerprint density at radius 2 is 1.63 bits per heavy atom. The van der Waals surface area contributed by atoms with Gasteiger partial charge in [-0.05, 0) is 36.1 Å². The van der Waals surface area contributed by atoms with E-state index in [0.29, 0.717) is 17.0 Å². The lowest BCUT2D eigenvalue weighted by atomic mass is 10.1. The number of hydrogen-bond acceptors (Lipinski definition) is 4. The van der Waals surface area contributed by atoms with Crippen molar-refractivity contribution in [2.75, 3.05) is 0 Å². The average Bonchev–Trinajstić information content (AvgIpc) is 3.41. The minimum Gasteiger partial charge on any atom is -0.329 e. The van der Waals surface area contributed by atoms with Gasteiger partial charge in [-0.2, -0.15) is 13.2 Å². The fraction of sp³-hybridized carbons (Fsp3) is 0.211. The molecular weight excluding hydrogens is 363 g/mol. The Labute approximate surface area is 151 Å². The lowest BCUT2D eigenvalue weighted by molar-refractivity contribution is -0.170. The molecule has 0 radical (unpaired) electrons. The van der Waals surface area contributed by atoms with Crippen LogP contribution >= 0.6 is 0 Å². The van der Waals surface area contributed by atoms with E-state index in [0.717, 1.165) is 12.1 Å². The van der Waals surface area contributed by atoms with Gasteiger partial charge in [0.25, 0.3) is 11.8 Å². The Morgan fingerprint density at radius 3 is 2.22 bits per heavy atom. The molecule has 5 nitrogen and oxygen atoms in total. The SMILES string of the molecule is O=C(ON1C(=O)c2ccccc2C1=O)[C@@H]1C[C@H]1c1cccc(C(F)(F)F)c1. The van der Waals surface area contributed by atoms with E-state index in [2.05, 4.69) is 0 Å². The zero-order valence-corrected chi connectivity index (χ0v) is 13.7. The molecule has 138 valence electrons. The van der Waals surface area contributed by atoms with Crippen LogP contribution in [-0.2, 0) is 15.8 Å².